The average molecular weight is 257 g/mol. The summed E-state index contributed by atoms with van der Waals surface area (Å²) in [6.45, 7) is 3.16. The molecule has 0 bridgehead atoms. The molecule has 0 atom stereocenters. The molecule has 0 aromatic carbocycles. The van der Waals surface area contributed by atoms with Gasteiger partial charge in [-0.1, -0.05) is 0 Å². The topological polar surface area (TPSA) is 70.7 Å². The third kappa shape index (κ3) is 5.46. The van der Waals surface area contributed by atoms with Crippen LogP contribution in [0.1, 0.15) is 12.8 Å². The standard InChI is InChI=1S/C12H23N3O3/c1-15(12(17)6-10-7-13-8-10)9-11(16)14-4-3-5-18-2/h10,13H,3-9H2,1-2H3,(H,14,16). The summed E-state index contributed by atoms with van der Waals surface area (Å²) in [6.07, 6.45) is 1.31. The molecular formula is C12H23N3O3. The third-order valence-corrected chi connectivity index (χ3v) is 2.98. The lowest BCUT2D eigenvalue weighted by Gasteiger charge is -2.28. The molecule has 2 amide bonds. The van der Waals surface area contributed by atoms with Crippen molar-refractivity contribution in [3.63, 3.8) is 0 Å². The highest BCUT2D eigenvalue weighted by Crippen LogP contribution is 2.09. The van der Waals surface area contributed by atoms with Crippen LogP contribution < -0.4 is 10.6 Å². The molecule has 0 saturated carbocycles. The Balaban J connectivity index is 2.11. The Morgan fingerprint density at radius 3 is 2.72 bits per heavy atom. The maximum Gasteiger partial charge on any atom is 0.239 e. The van der Waals surface area contributed by atoms with Gasteiger partial charge in [-0.2, -0.15) is 0 Å². The van der Waals surface area contributed by atoms with Gasteiger partial charge in [-0.05, 0) is 25.4 Å². The minimum absolute atomic E-state index is 0.0357. The Morgan fingerprint density at radius 2 is 2.17 bits per heavy atom. The predicted octanol–water partition coefficient (Wildman–Crippen LogP) is -0.793. The first kappa shape index (κ1) is 14.9. The molecule has 1 saturated heterocycles. The lowest BCUT2D eigenvalue weighted by Crippen LogP contribution is -2.46. The van der Waals surface area contributed by atoms with Crippen LogP contribution in [0.15, 0.2) is 0 Å². The van der Waals surface area contributed by atoms with E-state index in [1.54, 1.807) is 14.2 Å². The number of hydrogen-bond acceptors (Lipinski definition) is 4. The Bertz CT molecular complexity index is 280. The first-order chi connectivity index (χ1) is 8.63. The molecule has 0 radical (unpaired) electrons. The van der Waals surface area contributed by atoms with Crippen LogP contribution in [-0.2, 0) is 14.3 Å². The van der Waals surface area contributed by atoms with E-state index in [0.717, 1.165) is 19.5 Å². The molecule has 1 fully saturated rings. The van der Waals surface area contributed by atoms with Crippen LogP contribution in [0.2, 0.25) is 0 Å². The summed E-state index contributed by atoms with van der Waals surface area (Å²) in [4.78, 5) is 24.8. The zero-order valence-corrected chi connectivity index (χ0v) is 11.2. The highest BCUT2D eigenvalue weighted by molar-refractivity contribution is 5.84. The van der Waals surface area contributed by atoms with Gasteiger partial charge < -0.3 is 20.3 Å². The van der Waals surface area contributed by atoms with E-state index in [0.29, 0.717) is 25.5 Å². The van der Waals surface area contributed by atoms with Gasteiger partial charge in [0, 0.05) is 33.7 Å². The van der Waals surface area contributed by atoms with E-state index in [1.807, 2.05) is 0 Å². The van der Waals surface area contributed by atoms with E-state index >= 15 is 0 Å². The highest BCUT2D eigenvalue weighted by Gasteiger charge is 2.22. The fraction of sp³-hybridized carbons (Fsp3) is 0.833. The number of carbonyl (C=O) groups is 2. The lowest BCUT2D eigenvalue weighted by atomic mass is 9.99. The van der Waals surface area contributed by atoms with E-state index < -0.39 is 0 Å². The van der Waals surface area contributed by atoms with Gasteiger partial charge in [-0.15, -0.1) is 0 Å². The second-order valence-electron chi connectivity index (χ2n) is 4.67. The maximum absolute atomic E-state index is 11.8. The highest BCUT2D eigenvalue weighted by atomic mass is 16.5. The number of ether oxygens (including phenoxy) is 1. The Labute approximate surface area is 108 Å². The van der Waals surface area contributed by atoms with E-state index in [2.05, 4.69) is 10.6 Å². The summed E-state index contributed by atoms with van der Waals surface area (Å²) in [5.74, 6) is 0.354. The van der Waals surface area contributed by atoms with Crippen molar-refractivity contribution in [2.75, 3.05) is 46.9 Å². The average Bonchev–Trinajstić information content (AvgIpc) is 2.29. The van der Waals surface area contributed by atoms with Gasteiger partial charge in [0.1, 0.15) is 0 Å². The van der Waals surface area contributed by atoms with Crippen molar-refractivity contribution in [2.24, 2.45) is 5.92 Å². The van der Waals surface area contributed by atoms with E-state index in [4.69, 9.17) is 4.74 Å². The summed E-state index contributed by atoms with van der Waals surface area (Å²) in [5.41, 5.74) is 0. The molecule has 0 unspecified atom stereocenters. The fourth-order valence-electron chi connectivity index (χ4n) is 1.70. The second-order valence-corrected chi connectivity index (χ2v) is 4.67. The molecule has 6 nitrogen and oxygen atoms in total. The van der Waals surface area contributed by atoms with Crippen LogP contribution in [0.4, 0.5) is 0 Å². The number of carbonyl (C=O) groups excluding carboxylic acids is 2. The molecular weight excluding hydrogens is 234 g/mol. The first-order valence-electron chi connectivity index (χ1n) is 6.33. The molecule has 1 rings (SSSR count). The molecule has 1 aliphatic heterocycles. The summed E-state index contributed by atoms with van der Waals surface area (Å²) in [7, 11) is 3.30. The zero-order valence-electron chi connectivity index (χ0n) is 11.2. The van der Waals surface area contributed by atoms with Gasteiger partial charge in [0.2, 0.25) is 11.8 Å². The summed E-state index contributed by atoms with van der Waals surface area (Å²) in [5, 5.41) is 5.88. The molecule has 1 aliphatic rings. The molecule has 0 aromatic heterocycles. The normalized spacial score (nSPS) is 15.0. The van der Waals surface area contributed by atoms with Gasteiger partial charge in [-0.3, -0.25) is 9.59 Å². The van der Waals surface area contributed by atoms with Crippen LogP contribution in [0.5, 0.6) is 0 Å². The molecule has 0 spiro atoms. The minimum Gasteiger partial charge on any atom is -0.385 e. The van der Waals surface area contributed by atoms with Crippen LogP contribution in [0, 0.1) is 5.92 Å². The van der Waals surface area contributed by atoms with Gasteiger partial charge >= 0.3 is 0 Å². The number of methoxy groups -OCH3 is 1. The minimum atomic E-state index is -0.117. The number of likely N-dealkylation sites (N-methyl/N-ethyl adjacent to an activating group) is 1. The summed E-state index contributed by atoms with van der Waals surface area (Å²) < 4.78 is 4.88. The van der Waals surface area contributed by atoms with Crippen molar-refractivity contribution in [3.8, 4) is 0 Å². The van der Waals surface area contributed by atoms with Crippen molar-refractivity contribution in [1.29, 1.82) is 0 Å². The largest absolute Gasteiger partial charge is 0.385 e. The van der Waals surface area contributed by atoms with Gasteiger partial charge in [0.25, 0.3) is 0 Å². The van der Waals surface area contributed by atoms with Gasteiger partial charge in [-0.25, -0.2) is 0 Å². The number of amides is 2. The van der Waals surface area contributed by atoms with E-state index in [1.165, 1.54) is 4.90 Å². The molecule has 104 valence electrons. The number of hydrogen-bond donors (Lipinski definition) is 2. The molecule has 1 heterocycles. The SMILES string of the molecule is COCCCNC(=O)CN(C)C(=O)CC1CNC1. The van der Waals surface area contributed by atoms with Crippen LogP contribution >= 0.6 is 0 Å². The Kier molecular flexibility index (Phi) is 6.67. The molecule has 0 aliphatic carbocycles. The molecule has 18 heavy (non-hydrogen) atoms. The quantitative estimate of drug-likeness (QED) is 0.559. The Morgan fingerprint density at radius 1 is 1.44 bits per heavy atom. The summed E-state index contributed by atoms with van der Waals surface area (Å²) in [6, 6.07) is 0. The molecule has 0 aromatic rings. The Hall–Kier alpha value is -1.14. The smallest absolute Gasteiger partial charge is 0.239 e. The van der Waals surface area contributed by atoms with Crippen LogP contribution in [0.25, 0.3) is 0 Å². The van der Waals surface area contributed by atoms with Crippen molar-refractivity contribution in [3.05, 3.63) is 0 Å². The number of nitrogens with one attached hydrogen (secondary N) is 2. The first-order valence-corrected chi connectivity index (χ1v) is 6.33. The zero-order chi connectivity index (χ0) is 13.4. The molecule has 6 heteroatoms. The van der Waals surface area contributed by atoms with Crippen molar-refractivity contribution in [2.45, 2.75) is 12.8 Å². The second kappa shape index (κ2) is 8.05. The van der Waals surface area contributed by atoms with Crippen molar-refractivity contribution < 1.29 is 14.3 Å². The van der Waals surface area contributed by atoms with Gasteiger partial charge in [0.05, 0.1) is 6.54 Å². The van der Waals surface area contributed by atoms with Crippen LogP contribution in [0.3, 0.4) is 0 Å². The van der Waals surface area contributed by atoms with Gasteiger partial charge in [0.15, 0.2) is 0 Å². The lowest BCUT2D eigenvalue weighted by molar-refractivity contribution is -0.135. The fourth-order valence-corrected chi connectivity index (χ4v) is 1.70. The third-order valence-electron chi connectivity index (χ3n) is 2.98. The van der Waals surface area contributed by atoms with E-state index in [9.17, 15) is 9.59 Å². The van der Waals surface area contributed by atoms with Crippen LogP contribution in [-0.4, -0.2) is 63.7 Å². The van der Waals surface area contributed by atoms with E-state index in [-0.39, 0.29) is 18.4 Å². The van der Waals surface area contributed by atoms with Crippen molar-refractivity contribution >= 4 is 11.8 Å². The monoisotopic (exact) mass is 257 g/mol. The number of nitrogens with zero attached hydrogens (tertiary/aromatic N) is 1. The summed E-state index contributed by atoms with van der Waals surface area (Å²) >= 11 is 0. The van der Waals surface area contributed by atoms with Crippen molar-refractivity contribution in [1.82, 2.24) is 15.5 Å². The molecule has 2 N–H and O–H groups in total. The predicted molar refractivity (Wildman–Crippen MR) is 68.1 cm³/mol. The maximum atomic E-state index is 11.8. The number of rotatable bonds is 8.